The predicted molar refractivity (Wildman–Crippen MR) is 113 cm³/mol. The largest absolute Gasteiger partial charge is 0.436 e. The number of amides is 1. The number of carbonyl (C=O) groups excluding carboxylic acids is 1. The Kier molecular flexibility index (Phi) is 4.70. The van der Waals surface area contributed by atoms with Crippen molar-refractivity contribution in [1.29, 1.82) is 0 Å². The molecular weight excluding hydrogens is 348 g/mol. The second-order valence-corrected chi connectivity index (χ2v) is 7.25. The predicted octanol–water partition coefficient (Wildman–Crippen LogP) is 6.18. The zero-order valence-electron chi connectivity index (χ0n) is 16.2. The molecule has 0 aliphatic rings. The third-order valence-corrected chi connectivity index (χ3v) is 4.86. The maximum absolute atomic E-state index is 12.5. The summed E-state index contributed by atoms with van der Waals surface area (Å²) in [6.07, 6.45) is 0. The van der Waals surface area contributed by atoms with Gasteiger partial charge in [0.05, 0.1) is 0 Å². The Hall–Kier alpha value is -3.40. The van der Waals surface area contributed by atoms with E-state index in [1.54, 1.807) is 0 Å². The lowest BCUT2D eigenvalue weighted by atomic mass is 10.0. The Balaban J connectivity index is 1.60. The highest BCUT2D eigenvalue weighted by atomic mass is 16.3. The molecule has 0 unspecified atom stereocenters. The number of hydrogen-bond donors (Lipinski definition) is 1. The summed E-state index contributed by atoms with van der Waals surface area (Å²) in [5, 5.41) is 2.93. The van der Waals surface area contributed by atoms with Crippen LogP contribution in [0.5, 0.6) is 0 Å². The first-order valence-electron chi connectivity index (χ1n) is 9.39. The van der Waals surface area contributed by atoms with Crippen LogP contribution in [-0.4, -0.2) is 10.9 Å². The first-order valence-corrected chi connectivity index (χ1v) is 9.39. The number of carbonyl (C=O) groups is 1. The Morgan fingerprint density at radius 1 is 1.00 bits per heavy atom. The summed E-state index contributed by atoms with van der Waals surface area (Å²) in [7, 11) is 0. The van der Waals surface area contributed by atoms with E-state index in [0.717, 1.165) is 16.6 Å². The van der Waals surface area contributed by atoms with Gasteiger partial charge in [-0.1, -0.05) is 44.2 Å². The van der Waals surface area contributed by atoms with Gasteiger partial charge >= 0.3 is 0 Å². The first kappa shape index (κ1) is 18.0. The lowest BCUT2D eigenvalue weighted by molar-refractivity contribution is 0.102. The minimum atomic E-state index is -0.138. The number of aromatic nitrogens is 1. The quantitative estimate of drug-likeness (QED) is 0.467. The minimum Gasteiger partial charge on any atom is -0.436 e. The van der Waals surface area contributed by atoms with Gasteiger partial charge < -0.3 is 9.73 Å². The van der Waals surface area contributed by atoms with E-state index in [-0.39, 0.29) is 5.91 Å². The molecule has 0 radical (unpaired) electrons. The molecule has 4 aromatic rings. The third-order valence-electron chi connectivity index (χ3n) is 4.86. The summed E-state index contributed by atoms with van der Waals surface area (Å²) in [5.41, 5.74) is 5.90. The van der Waals surface area contributed by atoms with E-state index in [2.05, 4.69) is 36.3 Å². The molecule has 1 aromatic heterocycles. The second kappa shape index (κ2) is 7.31. The molecular formula is C24H22N2O2. The summed E-state index contributed by atoms with van der Waals surface area (Å²) in [6.45, 7) is 6.26. The van der Waals surface area contributed by atoms with Gasteiger partial charge in [-0.2, -0.15) is 0 Å². The van der Waals surface area contributed by atoms with Crippen LogP contribution >= 0.6 is 0 Å². The topological polar surface area (TPSA) is 55.1 Å². The van der Waals surface area contributed by atoms with Crippen molar-refractivity contribution >= 4 is 22.7 Å². The van der Waals surface area contributed by atoms with Crippen molar-refractivity contribution in [2.24, 2.45) is 0 Å². The highest BCUT2D eigenvalue weighted by Crippen LogP contribution is 2.27. The molecule has 28 heavy (non-hydrogen) atoms. The molecule has 0 spiro atoms. The summed E-state index contributed by atoms with van der Waals surface area (Å²) in [4.78, 5) is 17.1. The highest BCUT2D eigenvalue weighted by molar-refractivity contribution is 6.05. The molecule has 0 bridgehead atoms. The van der Waals surface area contributed by atoms with Crippen molar-refractivity contribution in [3.05, 3.63) is 83.4 Å². The number of nitrogens with zero attached hydrogens (tertiary/aromatic N) is 1. The molecule has 4 nitrogen and oxygen atoms in total. The molecule has 4 heteroatoms. The van der Waals surface area contributed by atoms with Gasteiger partial charge in [-0.3, -0.25) is 4.79 Å². The van der Waals surface area contributed by atoms with Crippen molar-refractivity contribution in [1.82, 2.24) is 4.98 Å². The van der Waals surface area contributed by atoms with Crippen molar-refractivity contribution in [3.8, 4) is 11.5 Å². The van der Waals surface area contributed by atoms with Crippen molar-refractivity contribution in [3.63, 3.8) is 0 Å². The van der Waals surface area contributed by atoms with Crippen molar-refractivity contribution < 1.29 is 9.21 Å². The highest BCUT2D eigenvalue weighted by Gasteiger charge is 2.12. The van der Waals surface area contributed by atoms with E-state index in [9.17, 15) is 4.79 Å². The fourth-order valence-electron chi connectivity index (χ4n) is 3.16. The molecule has 0 saturated carbocycles. The van der Waals surface area contributed by atoms with E-state index in [4.69, 9.17) is 4.42 Å². The molecule has 1 heterocycles. The number of benzene rings is 3. The van der Waals surface area contributed by atoms with Gasteiger partial charge in [0.15, 0.2) is 5.58 Å². The number of fused-ring (bicyclic) bond motifs is 1. The Morgan fingerprint density at radius 3 is 2.46 bits per heavy atom. The van der Waals surface area contributed by atoms with Crippen molar-refractivity contribution in [2.75, 3.05) is 5.32 Å². The van der Waals surface area contributed by atoms with Crippen LogP contribution in [0.3, 0.4) is 0 Å². The Morgan fingerprint density at radius 2 is 1.75 bits per heavy atom. The summed E-state index contributed by atoms with van der Waals surface area (Å²) in [5.74, 6) is 0.922. The van der Waals surface area contributed by atoms with Crippen LogP contribution in [0.4, 0.5) is 5.69 Å². The van der Waals surface area contributed by atoms with Crippen molar-refractivity contribution in [2.45, 2.75) is 26.7 Å². The smallest absolute Gasteiger partial charge is 0.255 e. The first-order chi connectivity index (χ1) is 13.5. The maximum Gasteiger partial charge on any atom is 0.255 e. The summed E-state index contributed by atoms with van der Waals surface area (Å²) < 4.78 is 5.94. The molecule has 0 fully saturated rings. The van der Waals surface area contributed by atoms with E-state index >= 15 is 0 Å². The number of rotatable bonds is 4. The average molecular weight is 370 g/mol. The molecule has 1 amide bonds. The van der Waals surface area contributed by atoms with Gasteiger partial charge in [0.2, 0.25) is 5.89 Å². The monoisotopic (exact) mass is 370 g/mol. The van der Waals surface area contributed by atoms with Gasteiger partial charge in [-0.15, -0.1) is 0 Å². The number of anilines is 1. The third kappa shape index (κ3) is 3.54. The number of aryl methyl sites for hydroxylation is 1. The number of nitrogens with one attached hydrogen (secondary N) is 1. The van der Waals surface area contributed by atoms with Gasteiger partial charge in [-0.25, -0.2) is 4.98 Å². The number of oxazole rings is 1. The van der Waals surface area contributed by atoms with Crippen LogP contribution in [0.15, 0.2) is 71.1 Å². The Labute approximate surface area is 164 Å². The molecule has 3 aromatic carbocycles. The number of hydrogen-bond acceptors (Lipinski definition) is 3. The van der Waals surface area contributed by atoms with Crippen LogP contribution in [0, 0.1) is 6.92 Å². The fraction of sp³-hybridized carbons (Fsp3) is 0.167. The molecule has 0 aliphatic carbocycles. The summed E-state index contributed by atoms with van der Waals surface area (Å²) in [6, 6.07) is 21.3. The average Bonchev–Trinajstić information content (AvgIpc) is 3.11. The van der Waals surface area contributed by atoms with E-state index in [0.29, 0.717) is 28.6 Å². The van der Waals surface area contributed by atoms with Crippen LogP contribution in [-0.2, 0) is 0 Å². The molecule has 1 N–H and O–H groups in total. The minimum absolute atomic E-state index is 0.138. The lowest BCUT2D eigenvalue weighted by Crippen LogP contribution is -2.13. The molecule has 4 rings (SSSR count). The lowest BCUT2D eigenvalue weighted by Gasteiger charge is -2.07. The Bertz CT molecular complexity index is 1140. The normalized spacial score (nSPS) is 11.1. The molecule has 0 saturated heterocycles. The SMILES string of the molecule is Cc1ccccc1C(=O)Nc1ccc2nc(-c3ccc(C(C)C)cc3)oc2c1. The van der Waals surface area contributed by atoms with Gasteiger partial charge in [-0.05, 0) is 54.3 Å². The summed E-state index contributed by atoms with van der Waals surface area (Å²) >= 11 is 0. The van der Waals surface area contributed by atoms with Crippen LogP contribution in [0.1, 0.15) is 41.3 Å². The van der Waals surface area contributed by atoms with E-state index < -0.39 is 0 Å². The van der Waals surface area contributed by atoms with Crippen LogP contribution in [0.2, 0.25) is 0 Å². The zero-order valence-corrected chi connectivity index (χ0v) is 16.2. The maximum atomic E-state index is 12.5. The van der Waals surface area contributed by atoms with Gasteiger partial charge in [0.25, 0.3) is 5.91 Å². The standard InChI is InChI=1S/C24H22N2O2/c1-15(2)17-8-10-18(11-9-17)24-26-21-13-12-19(14-22(21)28-24)25-23(27)20-7-5-4-6-16(20)3/h4-15H,1-3H3,(H,25,27). The van der Waals surface area contributed by atoms with E-state index in [1.807, 2.05) is 61.5 Å². The molecule has 0 atom stereocenters. The van der Waals surface area contributed by atoms with Gasteiger partial charge in [0, 0.05) is 22.9 Å². The van der Waals surface area contributed by atoms with E-state index in [1.165, 1.54) is 5.56 Å². The fourth-order valence-corrected chi connectivity index (χ4v) is 3.16. The van der Waals surface area contributed by atoms with Crippen LogP contribution in [0.25, 0.3) is 22.6 Å². The zero-order chi connectivity index (χ0) is 19.7. The second-order valence-electron chi connectivity index (χ2n) is 7.25. The van der Waals surface area contributed by atoms with Gasteiger partial charge in [0.1, 0.15) is 5.52 Å². The molecule has 0 aliphatic heterocycles. The molecule has 140 valence electrons. The van der Waals surface area contributed by atoms with Crippen LogP contribution < -0.4 is 5.32 Å².